The van der Waals surface area contributed by atoms with Crippen molar-refractivity contribution in [3.63, 3.8) is 0 Å². The van der Waals surface area contributed by atoms with Crippen LogP contribution < -0.4 is 9.46 Å². The van der Waals surface area contributed by atoms with Gasteiger partial charge in [0, 0.05) is 17.6 Å². The van der Waals surface area contributed by atoms with Crippen LogP contribution in [0.15, 0.2) is 27.6 Å². The predicted molar refractivity (Wildman–Crippen MR) is 86.0 cm³/mol. The zero-order valence-corrected chi connectivity index (χ0v) is 14.9. The van der Waals surface area contributed by atoms with Gasteiger partial charge in [-0.05, 0) is 37.0 Å². The smallest absolute Gasteiger partial charge is 0.244 e. The quantitative estimate of drug-likeness (QED) is 0.727. The van der Waals surface area contributed by atoms with E-state index < -0.39 is 10.0 Å². The van der Waals surface area contributed by atoms with Gasteiger partial charge in [0.15, 0.2) is 0 Å². The van der Waals surface area contributed by atoms with E-state index in [9.17, 15) is 8.42 Å². The first-order chi connectivity index (χ1) is 9.72. The predicted octanol–water partition coefficient (Wildman–Crippen LogP) is 2.53. The number of nitrogens with one attached hydrogen (secondary N) is 1. The van der Waals surface area contributed by atoms with Crippen LogP contribution in [0.1, 0.15) is 27.2 Å². The van der Waals surface area contributed by atoms with E-state index in [-0.39, 0.29) is 23.5 Å². The van der Waals surface area contributed by atoms with E-state index in [0.717, 1.165) is 0 Å². The van der Waals surface area contributed by atoms with Crippen LogP contribution in [-0.2, 0) is 10.0 Å². The second kappa shape index (κ2) is 7.58. The third-order valence-corrected chi connectivity index (χ3v) is 4.94. The van der Waals surface area contributed by atoms with Crippen LogP contribution in [0.2, 0.25) is 0 Å². The molecule has 2 N–H and O–H groups in total. The van der Waals surface area contributed by atoms with Gasteiger partial charge in [0.25, 0.3) is 0 Å². The highest BCUT2D eigenvalue weighted by Crippen LogP contribution is 2.28. The third kappa shape index (κ3) is 5.58. The Kier molecular flexibility index (Phi) is 6.65. The molecule has 0 atom stereocenters. The molecule has 0 unspecified atom stereocenters. The van der Waals surface area contributed by atoms with E-state index >= 15 is 0 Å². The van der Waals surface area contributed by atoms with E-state index in [1.165, 1.54) is 6.07 Å². The van der Waals surface area contributed by atoms with E-state index in [1.54, 1.807) is 19.1 Å². The minimum Gasteiger partial charge on any atom is -0.492 e. The summed E-state index contributed by atoms with van der Waals surface area (Å²) in [5.74, 6) is 0.327. The summed E-state index contributed by atoms with van der Waals surface area (Å²) in [5, 5.41) is 9.00. The maximum atomic E-state index is 12.5. The van der Waals surface area contributed by atoms with E-state index in [2.05, 4.69) is 20.7 Å². The summed E-state index contributed by atoms with van der Waals surface area (Å²) in [6.07, 6.45) is 0.520. The number of aliphatic hydroxyl groups is 1. The molecule has 1 rings (SSSR count). The van der Waals surface area contributed by atoms with Crippen molar-refractivity contribution in [2.24, 2.45) is 5.41 Å². The molecule has 120 valence electrons. The highest BCUT2D eigenvalue weighted by Gasteiger charge is 2.24. The molecule has 0 aliphatic heterocycles. The van der Waals surface area contributed by atoms with Gasteiger partial charge in [-0.25, -0.2) is 13.1 Å². The van der Waals surface area contributed by atoms with Gasteiger partial charge in [0.05, 0.1) is 6.61 Å². The summed E-state index contributed by atoms with van der Waals surface area (Å²) >= 11 is 3.27. The van der Waals surface area contributed by atoms with Gasteiger partial charge in [0.2, 0.25) is 10.0 Å². The first-order valence-corrected chi connectivity index (χ1v) is 9.02. The number of halogens is 1. The van der Waals surface area contributed by atoms with Crippen molar-refractivity contribution in [2.45, 2.75) is 32.1 Å². The number of rotatable bonds is 8. The second-order valence-electron chi connectivity index (χ2n) is 5.49. The molecule has 0 saturated carbocycles. The van der Waals surface area contributed by atoms with Gasteiger partial charge in [-0.2, -0.15) is 0 Å². The highest BCUT2D eigenvalue weighted by atomic mass is 79.9. The molecule has 0 radical (unpaired) electrons. The lowest BCUT2D eigenvalue weighted by molar-refractivity contribution is 0.213. The molecule has 1 aromatic rings. The molecule has 7 heteroatoms. The molecule has 21 heavy (non-hydrogen) atoms. The number of sulfonamides is 1. The van der Waals surface area contributed by atoms with E-state index in [0.29, 0.717) is 23.2 Å². The normalized spacial score (nSPS) is 12.4. The molecule has 0 bridgehead atoms. The molecular weight excluding hydrogens is 358 g/mol. The Morgan fingerprint density at radius 1 is 1.38 bits per heavy atom. The van der Waals surface area contributed by atoms with Crippen molar-refractivity contribution in [2.75, 3.05) is 19.8 Å². The van der Waals surface area contributed by atoms with Crippen LogP contribution in [-0.4, -0.2) is 33.3 Å². The lowest BCUT2D eigenvalue weighted by Gasteiger charge is -2.24. The van der Waals surface area contributed by atoms with Crippen molar-refractivity contribution < 1.29 is 18.3 Å². The molecule has 0 aliphatic rings. The zero-order chi connectivity index (χ0) is 16.1. The van der Waals surface area contributed by atoms with Gasteiger partial charge < -0.3 is 9.84 Å². The van der Waals surface area contributed by atoms with Crippen molar-refractivity contribution in [3.05, 3.63) is 22.7 Å². The summed E-state index contributed by atoms with van der Waals surface area (Å²) in [4.78, 5) is 0.110. The Labute approximate surface area is 134 Å². The standard InChI is InChI=1S/C14H22BrNO4S/c1-4-20-12-6-5-11(15)9-13(12)21(18,19)16-10-14(2,3)7-8-17/h5-6,9,16-17H,4,7-8,10H2,1-3H3. The first kappa shape index (κ1) is 18.4. The summed E-state index contributed by atoms with van der Waals surface area (Å²) in [5.41, 5.74) is -0.320. The summed E-state index contributed by atoms with van der Waals surface area (Å²) in [7, 11) is -3.67. The van der Waals surface area contributed by atoms with Gasteiger partial charge in [-0.3, -0.25) is 0 Å². The lowest BCUT2D eigenvalue weighted by atomic mass is 9.90. The Morgan fingerprint density at radius 3 is 2.62 bits per heavy atom. The lowest BCUT2D eigenvalue weighted by Crippen LogP contribution is -2.34. The van der Waals surface area contributed by atoms with Crippen LogP contribution in [0.25, 0.3) is 0 Å². The molecule has 5 nitrogen and oxygen atoms in total. The minimum atomic E-state index is -3.67. The Balaban J connectivity index is 3.00. The second-order valence-corrected chi connectivity index (χ2v) is 8.14. The van der Waals surface area contributed by atoms with Crippen LogP contribution in [0.4, 0.5) is 0 Å². The van der Waals surface area contributed by atoms with Crippen LogP contribution in [0.3, 0.4) is 0 Å². The number of hydrogen-bond donors (Lipinski definition) is 2. The Morgan fingerprint density at radius 2 is 2.05 bits per heavy atom. The van der Waals surface area contributed by atoms with E-state index in [1.807, 2.05) is 13.8 Å². The van der Waals surface area contributed by atoms with Gasteiger partial charge >= 0.3 is 0 Å². The number of hydrogen-bond acceptors (Lipinski definition) is 4. The zero-order valence-electron chi connectivity index (χ0n) is 12.5. The first-order valence-electron chi connectivity index (χ1n) is 6.75. The Bertz CT molecular complexity index is 572. The molecule has 0 aliphatic carbocycles. The third-order valence-electron chi connectivity index (χ3n) is 3.02. The molecule has 0 aromatic heterocycles. The maximum Gasteiger partial charge on any atom is 0.244 e. The highest BCUT2D eigenvalue weighted by molar-refractivity contribution is 9.10. The number of benzene rings is 1. The largest absolute Gasteiger partial charge is 0.492 e. The summed E-state index contributed by atoms with van der Waals surface area (Å²) < 4.78 is 33.5. The molecule has 1 aromatic carbocycles. The van der Waals surface area contributed by atoms with Gasteiger partial charge in [0.1, 0.15) is 10.6 Å². The topological polar surface area (TPSA) is 75.6 Å². The SMILES string of the molecule is CCOc1ccc(Br)cc1S(=O)(=O)NCC(C)(C)CCO. The fourth-order valence-corrected chi connectivity index (χ4v) is 3.65. The van der Waals surface area contributed by atoms with Crippen LogP contribution >= 0.6 is 15.9 Å². The van der Waals surface area contributed by atoms with Crippen molar-refractivity contribution >= 4 is 26.0 Å². The molecule has 0 saturated heterocycles. The van der Waals surface area contributed by atoms with Crippen molar-refractivity contribution in [1.29, 1.82) is 0 Å². The fourth-order valence-electron chi connectivity index (χ4n) is 1.73. The maximum absolute atomic E-state index is 12.5. The molecule has 0 fully saturated rings. The Hall–Kier alpha value is -0.630. The number of aliphatic hydroxyl groups excluding tert-OH is 1. The summed E-state index contributed by atoms with van der Waals surface area (Å²) in [6.45, 7) is 6.26. The minimum absolute atomic E-state index is 0.0236. The number of ether oxygens (including phenoxy) is 1. The van der Waals surface area contributed by atoms with Gasteiger partial charge in [-0.15, -0.1) is 0 Å². The average Bonchev–Trinajstić information content (AvgIpc) is 2.39. The molecule has 0 heterocycles. The summed E-state index contributed by atoms with van der Waals surface area (Å²) in [6, 6.07) is 4.88. The van der Waals surface area contributed by atoms with Crippen LogP contribution in [0.5, 0.6) is 5.75 Å². The molecular formula is C14H22BrNO4S. The van der Waals surface area contributed by atoms with Crippen LogP contribution in [0, 0.1) is 5.41 Å². The molecule has 0 amide bonds. The van der Waals surface area contributed by atoms with Crippen molar-refractivity contribution in [3.8, 4) is 5.75 Å². The van der Waals surface area contributed by atoms with Crippen molar-refractivity contribution in [1.82, 2.24) is 4.72 Å². The molecule has 0 spiro atoms. The van der Waals surface area contributed by atoms with E-state index in [4.69, 9.17) is 9.84 Å². The fraction of sp³-hybridized carbons (Fsp3) is 0.571. The monoisotopic (exact) mass is 379 g/mol. The van der Waals surface area contributed by atoms with Gasteiger partial charge in [-0.1, -0.05) is 29.8 Å². The average molecular weight is 380 g/mol.